The monoisotopic (exact) mass is 486 g/mol. The SMILES string of the molecule is CN(Cc1cccn1C)C(=NCC1CCCCO1)NCCc1ccco1.I. The van der Waals surface area contributed by atoms with Gasteiger partial charge < -0.3 is 23.9 Å². The zero-order valence-electron chi connectivity index (χ0n) is 16.3. The number of hydrogen-bond acceptors (Lipinski definition) is 3. The first kappa shape index (κ1) is 21.8. The van der Waals surface area contributed by atoms with E-state index in [9.17, 15) is 0 Å². The van der Waals surface area contributed by atoms with Gasteiger partial charge in [0, 0.05) is 45.6 Å². The van der Waals surface area contributed by atoms with Crippen molar-refractivity contribution >= 4 is 29.9 Å². The van der Waals surface area contributed by atoms with Gasteiger partial charge in [0.1, 0.15) is 5.76 Å². The Balaban J connectivity index is 0.00000261. The van der Waals surface area contributed by atoms with E-state index in [1.54, 1.807) is 6.26 Å². The van der Waals surface area contributed by atoms with Crippen molar-refractivity contribution in [2.75, 3.05) is 26.7 Å². The van der Waals surface area contributed by atoms with Gasteiger partial charge in [0.25, 0.3) is 0 Å². The Morgan fingerprint density at radius 2 is 2.22 bits per heavy atom. The second-order valence-electron chi connectivity index (χ2n) is 6.88. The van der Waals surface area contributed by atoms with Gasteiger partial charge in [0.2, 0.25) is 0 Å². The van der Waals surface area contributed by atoms with Gasteiger partial charge in [-0.1, -0.05) is 0 Å². The average Bonchev–Trinajstić information content (AvgIpc) is 3.31. The molecule has 1 N–H and O–H groups in total. The molecule has 1 aliphatic heterocycles. The first-order valence-electron chi connectivity index (χ1n) is 9.46. The standard InChI is InChI=1S/C20H30N4O2.HI/c1-23-12-5-7-17(23)16-24(2)20(21-11-10-18-9-6-14-25-18)22-15-19-8-3-4-13-26-19;/h5-7,9,12,14,19H,3-4,8,10-11,13,15-16H2,1-2H3,(H,21,22);1H. The summed E-state index contributed by atoms with van der Waals surface area (Å²) in [5.41, 5.74) is 1.25. The van der Waals surface area contributed by atoms with Gasteiger partial charge in [-0.3, -0.25) is 4.99 Å². The number of aromatic nitrogens is 1. The van der Waals surface area contributed by atoms with E-state index in [2.05, 4.69) is 47.2 Å². The van der Waals surface area contributed by atoms with E-state index in [1.807, 2.05) is 12.1 Å². The van der Waals surface area contributed by atoms with Crippen molar-refractivity contribution in [3.05, 3.63) is 48.2 Å². The molecule has 3 heterocycles. The Hall–Kier alpha value is -1.48. The fourth-order valence-electron chi connectivity index (χ4n) is 3.18. The van der Waals surface area contributed by atoms with Crippen LogP contribution >= 0.6 is 24.0 Å². The first-order valence-corrected chi connectivity index (χ1v) is 9.46. The van der Waals surface area contributed by atoms with Gasteiger partial charge in [-0.05, 0) is 43.5 Å². The van der Waals surface area contributed by atoms with E-state index in [1.165, 1.54) is 18.5 Å². The van der Waals surface area contributed by atoms with Crippen molar-refractivity contribution in [3.63, 3.8) is 0 Å². The summed E-state index contributed by atoms with van der Waals surface area (Å²) in [4.78, 5) is 7.01. The molecule has 0 saturated carbocycles. The van der Waals surface area contributed by atoms with Crippen molar-refractivity contribution in [2.24, 2.45) is 12.0 Å². The lowest BCUT2D eigenvalue weighted by atomic mass is 10.1. The summed E-state index contributed by atoms with van der Waals surface area (Å²) >= 11 is 0. The van der Waals surface area contributed by atoms with Crippen molar-refractivity contribution in [1.29, 1.82) is 0 Å². The number of furan rings is 1. The van der Waals surface area contributed by atoms with Crippen LogP contribution in [0.4, 0.5) is 0 Å². The molecule has 6 nitrogen and oxygen atoms in total. The minimum absolute atomic E-state index is 0. The maximum Gasteiger partial charge on any atom is 0.194 e. The summed E-state index contributed by atoms with van der Waals surface area (Å²) in [6.07, 6.45) is 8.37. The van der Waals surface area contributed by atoms with Crippen LogP contribution < -0.4 is 5.32 Å². The minimum atomic E-state index is 0. The van der Waals surface area contributed by atoms with Crippen LogP contribution in [0.5, 0.6) is 0 Å². The predicted molar refractivity (Wildman–Crippen MR) is 119 cm³/mol. The summed E-state index contributed by atoms with van der Waals surface area (Å²) in [5, 5.41) is 3.48. The van der Waals surface area contributed by atoms with Crippen LogP contribution in [0.25, 0.3) is 0 Å². The van der Waals surface area contributed by atoms with Crippen molar-refractivity contribution < 1.29 is 9.15 Å². The highest BCUT2D eigenvalue weighted by atomic mass is 127. The van der Waals surface area contributed by atoms with Gasteiger partial charge in [-0.25, -0.2) is 0 Å². The molecule has 1 aliphatic rings. The summed E-state index contributed by atoms with van der Waals surface area (Å²) < 4.78 is 13.4. The normalized spacial score (nSPS) is 17.4. The summed E-state index contributed by atoms with van der Waals surface area (Å²) in [5.74, 6) is 1.89. The Kier molecular flexibility index (Phi) is 9.20. The maximum atomic E-state index is 5.82. The van der Waals surface area contributed by atoms with Gasteiger partial charge in [-0.2, -0.15) is 0 Å². The molecule has 0 aliphatic carbocycles. The fraction of sp³-hybridized carbons (Fsp3) is 0.550. The maximum absolute atomic E-state index is 5.82. The van der Waals surface area contributed by atoms with Crippen LogP contribution in [0.15, 0.2) is 46.1 Å². The minimum Gasteiger partial charge on any atom is -0.469 e. The highest BCUT2D eigenvalue weighted by Gasteiger charge is 2.15. The van der Waals surface area contributed by atoms with Crippen LogP contribution in [-0.2, 0) is 24.8 Å². The van der Waals surface area contributed by atoms with Crippen LogP contribution in [0.2, 0.25) is 0 Å². The topological polar surface area (TPSA) is 54.9 Å². The quantitative estimate of drug-likeness (QED) is 0.370. The van der Waals surface area contributed by atoms with E-state index >= 15 is 0 Å². The van der Waals surface area contributed by atoms with Crippen LogP contribution in [0.3, 0.4) is 0 Å². The molecule has 0 amide bonds. The molecule has 2 aromatic rings. The second-order valence-corrected chi connectivity index (χ2v) is 6.88. The lowest BCUT2D eigenvalue weighted by Gasteiger charge is -2.25. The number of hydrogen-bond donors (Lipinski definition) is 1. The average molecular weight is 486 g/mol. The fourth-order valence-corrected chi connectivity index (χ4v) is 3.18. The highest BCUT2D eigenvalue weighted by Crippen LogP contribution is 2.13. The predicted octanol–water partition coefficient (Wildman–Crippen LogP) is 3.43. The van der Waals surface area contributed by atoms with Gasteiger partial charge >= 0.3 is 0 Å². The molecular weight excluding hydrogens is 455 g/mol. The van der Waals surface area contributed by atoms with Gasteiger partial charge in [0.15, 0.2) is 5.96 Å². The molecule has 0 bridgehead atoms. The van der Waals surface area contributed by atoms with E-state index in [0.717, 1.165) is 44.3 Å². The van der Waals surface area contributed by atoms with E-state index in [4.69, 9.17) is 14.1 Å². The zero-order chi connectivity index (χ0) is 18.2. The molecule has 1 unspecified atom stereocenters. The van der Waals surface area contributed by atoms with Gasteiger partial charge in [-0.15, -0.1) is 24.0 Å². The Bertz CT molecular complexity index is 678. The third kappa shape index (κ3) is 6.88. The number of nitrogens with zero attached hydrogens (tertiary/aromatic N) is 3. The smallest absolute Gasteiger partial charge is 0.194 e. The Morgan fingerprint density at radius 3 is 2.89 bits per heavy atom. The van der Waals surface area contributed by atoms with Crippen molar-refractivity contribution in [3.8, 4) is 0 Å². The molecule has 7 heteroatoms. The van der Waals surface area contributed by atoms with Gasteiger partial charge in [0.05, 0.1) is 25.5 Å². The largest absolute Gasteiger partial charge is 0.469 e. The molecule has 0 spiro atoms. The Labute approximate surface area is 179 Å². The molecule has 150 valence electrons. The highest BCUT2D eigenvalue weighted by molar-refractivity contribution is 14.0. The molecule has 0 aromatic carbocycles. The number of ether oxygens (including phenoxy) is 1. The first-order chi connectivity index (χ1) is 12.7. The lowest BCUT2D eigenvalue weighted by molar-refractivity contribution is 0.0223. The van der Waals surface area contributed by atoms with Crippen LogP contribution in [0, 0.1) is 0 Å². The summed E-state index contributed by atoms with van der Waals surface area (Å²) in [6.45, 7) is 3.16. The zero-order valence-corrected chi connectivity index (χ0v) is 18.6. The molecule has 3 rings (SSSR count). The number of aliphatic imine (C=N–C) groups is 1. The van der Waals surface area contributed by atoms with E-state index in [-0.39, 0.29) is 30.1 Å². The third-order valence-corrected chi connectivity index (χ3v) is 4.77. The molecule has 1 atom stereocenters. The molecule has 0 radical (unpaired) electrons. The van der Waals surface area contributed by atoms with Crippen LogP contribution in [-0.4, -0.2) is 48.3 Å². The number of halogens is 1. The Morgan fingerprint density at radius 1 is 1.33 bits per heavy atom. The number of rotatable bonds is 7. The number of aryl methyl sites for hydroxylation is 1. The van der Waals surface area contributed by atoms with E-state index < -0.39 is 0 Å². The van der Waals surface area contributed by atoms with Crippen molar-refractivity contribution in [1.82, 2.24) is 14.8 Å². The molecule has 2 aromatic heterocycles. The summed E-state index contributed by atoms with van der Waals surface area (Å²) in [7, 11) is 4.15. The molecular formula is C20H31IN4O2. The summed E-state index contributed by atoms with van der Waals surface area (Å²) in [6, 6.07) is 8.13. The number of nitrogens with one attached hydrogen (secondary N) is 1. The lowest BCUT2D eigenvalue weighted by Crippen LogP contribution is -2.40. The van der Waals surface area contributed by atoms with Crippen molar-refractivity contribution in [2.45, 2.75) is 38.3 Å². The second kappa shape index (κ2) is 11.4. The third-order valence-electron chi connectivity index (χ3n) is 4.77. The van der Waals surface area contributed by atoms with E-state index in [0.29, 0.717) is 6.54 Å². The molecule has 27 heavy (non-hydrogen) atoms. The van der Waals surface area contributed by atoms with Crippen LogP contribution in [0.1, 0.15) is 30.7 Å². The molecule has 1 fully saturated rings. The molecule has 1 saturated heterocycles. The number of guanidine groups is 1.